The van der Waals surface area contributed by atoms with Gasteiger partial charge in [0.1, 0.15) is 18.0 Å². The van der Waals surface area contributed by atoms with Gasteiger partial charge in [-0.15, -0.1) is 11.8 Å². The van der Waals surface area contributed by atoms with Gasteiger partial charge in [-0.25, -0.2) is 19.3 Å². The summed E-state index contributed by atoms with van der Waals surface area (Å²) in [7, 11) is 0. The van der Waals surface area contributed by atoms with E-state index in [9.17, 15) is 4.39 Å². The number of piperidine rings is 1. The largest absolute Gasteiger partial charge is 0.354 e. The second-order valence-corrected chi connectivity index (χ2v) is 6.89. The minimum Gasteiger partial charge on any atom is -0.354 e. The molecule has 2 aliphatic heterocycles. The Bertz CT molecular complexity index is 734. The number of nitrogens with one attached hydrogen (secondary N) is 1. The maximum absolute atomic E-state index is 13.4. The van der Waals surface area contributed by atoms with E-state index < -0.39 is 6.17 Å². The Balaban J connectivity index is 1.71. The maximum atomic E-state index is 13.4. The van der Waals surface area contributed by atoms with Gasteiger partial charge in [0.05, 0.1) is 11.2 Å². The Morgan fingerprint density at radius 3 is 2.91 bits per heavy atom. The van der Waals surface area contributed by atoms with Gasteiger partial charge in [-0.05, 0) is 31.1 Å². The highest BCUT2D eigenvalue weighted by Crippen LogP contribution is 2.27. The van der Waals surface area contributed by atoms with Gasteiger partial charge in [0.15, 0.2) is 5.82 Å². The van der Waals surface area contributed by atoms with Gasteiger partial charge in [-0.3, -0.25) is 0 Å². The predicted octanol–water partition coefficient (Wildman–Crippen LogP) is 2.60. The Hall–Kier alpha value is -1.73. The van der Waals surface area contributed by atoms with Crippen molar-refractivity contribution in [1.82, 2.24) is 20.3 Å². The number of alkyl halides is 1. The first-order chi connectivity index (χ1) is 11.3. The zero-order chi connectivity index (χ0) is 15.6. The molecule has 120 valence electrons. The van der Waals surface area contributed by atoms with Crippen molar-refractivity contribution in [1.29, 1.82) is 0 Å². The van der Waals surface area contributed by atoms with E-state index in [1.165, 1.54) is 4.91 Å². The lowest BCUT2D eigenvalue weighted by Crippen LogP contribution is -2.35. The summed E-state index contributed by atoms with van der Waals surface area (Å²) in [5, 5.41) is 3.30. The Morgan fingerprint density at radius 2 is 2.13 bits per heavy atom. The monoisotopic (exact) mass is 331 g/mol. The first-order valence-corrected chi connectivity index (χ1v) is 8.83. The van der Waals surface area contributed by atoms with Gasteiger partial charge >= 0.3 is 0 Å². The number of thioether (sulfide) groups is 1. The number of halogens is 1. The third kappa shape index (κ3) is 3.16. The van der Waals surface area contributed by atoms with E-state index >= 15 is 0 Å². The average Bonchev–Trinajstić information content (AvgIpc) is 3.08. The van der Waals surface area contributed by atoms with Crippen molar-refractivity contribution in [3.05, 3.63) is 29.1 Å². The fourth-order valence-corrected chi connectivity index (χ4v) is 3.74. The predicted molar refractivity (Wildman–Crippen MR) is 92.1 cm³/mol. The molecule has 1 N–H and O–H groups in total. The molecule has 0 aromatic carbocycles. The number of nitrogens with zero attached hydrogens (tertiary/aromatic N) is 4. The number of rotatable bonds is 2. The molecular formula is C16H18FN5S. The van der Waals surface area contributed by atoms with Crippen LogP contribution in [0.15, 0.2) is 23.4 Å². The van der Waals surface area contributed by atoms with Crippen LogP contribution in [0.25, 0.3) is 17.1 Å². The highest BCUT2D eigenvalue weighted by molar-refractivity contribution is 8.03. The maximum Gasteiger partial charge on any atom is 0.158 e. The van der Waals surface area contributed by atoms with Crippen LogP contribution in [-0.2, 0) is 0 Å². The molecule has 0 saturated carbocycles. The number of anilines is 1. The van der Waals surface area contributed by atoms with E-state index in [-0.39, 0.29) is 0 Å². The van der Waals surface area contributed by atoms with Crippen molar-refractivity contribution in [3.63, 3.8) is 0 Å². The highest BCUT2D eigenvalue weighted by atomic mass is 32.2. The summed E-state index contributed by atoms with van der Waals surface area (Å²) < 4.78 is 13.4. The third-order valence-electron chi connectivity index (χ3n) is 4.18. The second kappa shape index (κ2) is 6.41. The van der Waals surface area contributed by atoms with Gasteiger partial charge in [-0.2, -0.15) is 0 Å². The molecule has 2 aromatic rings. The lowest BCUT2D eigenvalue weighted by atomic mass is 10.1. The van der Waals surface area contributed by atoms with Crippen LogP contribution in [0.5, 0.6) is 0 Å². The Labute approximate surface area is 138 Å². The summed E-state index contributed by atoms with van der Waals surface area (Å²) in [4.78, 5) is 16.9. The van der Waals surface area contributed by atoms with Crippen molar-refractivity contribution in [3.8, 4) is 0 Å². The van der Waals surface area contributed by atoms with Crippen LogP contribution in [-0.4, -0.2) is 46.6 Å². The van der Waals surface area contributed by atoms with E-state index in [1.807, 2.05) is 12.1 Å². The first-order valence-electron chi connectivity index (χ1n) is 7.84. The molecule has 2 fully saturated rings. The zero-order valence-corrected chi connectivity index (χ0v) is 13.5. The van der Waals surface area contributed by atoms with E-state index in [1.54, 1.807) is 18.1 Å². The molecule has 0 aliphatic carbocycles. The molecule has 0 radical (unpaired) electrons. The van der Waals surface area contributed by atoms with Gasteiger partial charge < -0.3 is 10.2 Å². The van der Waals surface area contributed by atoms with Crippen molar-refractivity contribution >= 4 is 34.7 Å². The molecule has 2 saturated heterocycles. The molecule has 0 bridgehead atoms. The van der Waals surface area contributed by atoms with Crippen LogP contribution in [0.2, 0.25) is 0 Å². The molecule has 5 nitrogen and oxygen atoms in total. The van der Waals surface area contributed by atoms with E-state index in [0.29, 0.717) is 25.9 Å². The minimum absolute atomic E-state index is 0.553. The highest BCUT2D eigenvalue weighted by Gasteiger charge is 2.21. The lowest BCUT2D eigenvalue weighted by Gasteiger charge is -2.29. The van der Waals surface area contributed by atoms with Gasteiger partial charge in [0.2, 0.25) is 0 Å². The standard InChI is InChI=1S/C16H18FN5S/c17-11-3-5-22(6-4-11)16-15-14(19-9-20-16)2-1-12(21-15)7-13-8-18-10-23-13/h1-2,7,9,11,18H,3-6,8,10H2/b13-7-. The molecule has 0 atom stereocenters. The fraction of sp³-hybridized carbons (Fsp3) is 0.438. The minimum atomic E-state index is -0.695. The molecule has 0 spiro atoms. The molecule has 7 heteroatoms. The number of hydrogen-bond donors (Lipinski definition) is 1. The summed E-state index contributed by atoms with van der Waals surface area (Å²) in [6.45, 7) is 2.26. The average molecular weight is 331 g/mol. The quantitative estimate of drug-likeness (QED) is 0.913. The molecule has 0 unspecified atom stereocenters. The number of fused-ring (bicyclic) bond motifs is 1. The van der Waals surface area contributed by atoms with E-state index in [2.05, 4.69) is 26.3 Å². The van der Waals surface area contributed by atoms with Crippen LogP contribution < -0.4 is 10.2 Å². The Morgan fingerprint density at radius 1 is 1.26 bits per heavy atom. The molecule has 23 heavy (non-hydrogen) atoms. The van der Waals surface area contributed by atoms with E-state index in [4.69, 9.17) is 4.98 Å². The summed E-state index contributed by atoms with van der Waals surface area (Å²) >= 11 is 1.80. The molecular weight excluding hydrogens is 313 g/mol. The molecule has 2 aromatic heterocycles. The van der Waals surface area contributed by atoms with Crippen LogP contribution in [0.3, 0.4) is 0 Å². The fourth-order valence-electron chi connectivity index (χ4n) is 2.94. The van der Waals surface area contributed by atoms with Crippen LogP contribution in [0.4, 0.5) is 10.2 Å². The smallest absolute Gasteiger partial charge is 0.158 e. The van der Waals surface area contributed by atoms with Crippen molar-refractivity contribution < 1.29 is 4.39 Å². The van der Waals surface area contributed by atoms with Gasteiger partial charge in [0, 0.05) is 30.4 Å². The molecule has 4 heterocycles. The third-order valence-corrected chi connectivity index (χ3v) is 5.16. The number of aromatic nitrogens is 3. The van der Waals surface area contributed by atoms with Gasteiger partial charge in [-0.1, -0.05) is 0 Å². The zero-order valence-electron chi connectivity index (χ0n) is 12.7. The van der Waals surface area contributed by atoms with Gasteiger partial charge in [0.25, 0.3) is 0 Å². The summed E-state index contributed by atoms with van der Waals surface area (Å²) in [5.74, 6) is 1.77. The van der Waals surface area contributed by atoms with Crippen LogP contribution in [0.1, 0.15) is 18.5 Å². The summed E-state index contributed by atoms with van der Waals surface area (Å²) in [5.41, 5.74) is 2.55. The lowest BCUT2D eigenvalue weighted by molar-refractivity contribution is 0.277. The summed E-state index contributed by atoms with van der Waals surface area (Å²) in [6, 6.07) is 3.97. The number of pyridine rings is 1. The summed E-state index contributed by atoms with van der Waals surface area (Å²) in [6.07, 6.45) is 4.08. The van der Waals surface area contributed by atoms with Crippen LogP contribution >= 0.6 is 11.8 Å². The Kier molecular flexibility index (Phi) is 4.13. The normalized spacial score (nSPS) is 21.4. The van der Waals surface area contributed by atoms with Crippen molar-refractivity contribution in [2.24, 2.45) is 0 Å². The SMILES string of the molecule is FC1CCN(c2ncnc3ccc(/C=C4/CNCS4)nc23)CC1. The van der Waals surface area contributed by atoms with E-state index in [0.717, 1.165) is 35.0 Å². The first kappa shape index (κ1) is 14.8. The number of hydrogen-bond acceptors (Lipinski definition) is 6. The second-order valence-electron chi connectivity index (χ2n) is 5.79. The van der Waals surface area contributed by atoms with Crippen molar-refractivity contribution in [2.45, 2.75) is 19.0 Å². The topological polar surface area (TPSA) is 53.9 Å². The van der Waals surface area contributed by atoms with Crippen LogP contribution in [0, 0.1) is 0 Å². The molecule has 0 amide bonds. The van der Waals surface area contributed by atoms with Crippen molar-refractivity contribution in [2.75, 3.05) is 30.4 Å². The molecule has 2 aliphatic rings. The molecule has 4 rings (SSSR count).